The Morgan fingerprint density at radius 1 is 1.25 bits per heavy atom. The maximum Gasteiger partial charge on any atom is 0.314 e. The Balaban J connectivity index is 1.67. The summed E-state index contributed by atoms with van der Waals surface area (Å²) in [5.74, 6) is -0.101. The Labute approximate surface area is 118 Å². The van der Waals surface area contributed by atoms with E-state index in [4.69, 9.17) is 0 Å². The number of carbonyl (C=O) groups is 2. The number of anilines is 1. The van der Waals surface area contributed by atoms with Gasteiger partial charge in [-0.1, -0.05) is 19.1 Å². The van der Waals surface area contributed by atoms with Crippen LogP contribution in [0.2, 0.25) is 0 Å². The Morgan fingerprint density at radius 2 is 1.85 bits per heavy atom. The van der Waals surface area contributed by atoms with Crippen LogP contribution in [0.1, 0.15) is 38.2 Å². The van der Waals surface area contributed by atoms with Gasteiger partial charge in [0.1, 0.15) is 0 Å². The quantitative estimate of drug-likeness (QED) is 0.867. The van der Waals surface area contributed by atoms with E-state index in [1.54, 1.807) is 12.1 Å². The van der Waals surface area contributed by atoms with Gasteiger partial charge in [-0.2, -0.15) is 0 Å². The molecule has 0 spiro atoms. The van der Waals surface area contributed by atoms with Crippen molar-refractivity contribution in [3.05, 3.63) is 29.8 Å². The van der Waals surface area contributed by atoms with Crippen molar-refractivity contribution >= 4 is 17.6 Å². The molecule has 0 saturated heterocycles. The fraction of sp³-hybridized carbons (Fsp3) is 0.500. The SMILES string of the molecule is CC(C(=O)Nc1ccc(C2(C(=O)O)CC2)cc1)C1CC1. The molecule has 1 aromatic rings. The molecule has 0 aliphatic heterocycles. The van der Waals surface area contributed by atoms with E-state index in [1.807, 2.05) is 19.1 Å². The van der Waals surface area contributed by atoms with Crippen molar-refractivity contribution in [1.29, 1.82) is 0 Å². The number of carboxylic acids is 1. The summed E-state index contributed by atoms with van der Waals surface area (Å²) in [5, 5.41) is 12.1. The van der Waals surface area contributed by atoms with Crippen LogP contribution in [-0.4, -0.2) is 17.0 Å². The first-order chi connectivity index (χ1) is 9.53. The number of hydrogen-bond acceptors (Lipinski definition) is 2. The molecule has 2 fully saturated rings. The van der Waals surface area contributed by atoms with Crippen LogP contribution in [-0.2, 0) is 15.0 Å². The second-order valence-electron chi connectivity index (χ2n) is 6.08. The number of carboxylic acid groups (broad SMARTS) is 1. The molecule has 2 N–H and O–H groups in total. The van der Waals surface area contributed by atoms with E-state index in [1.165, 1.54) is 0 Å². The van der Waals surface area contributed by atoms with Crippen molar-refractivity contribution in [2.75, 3.05) is 5.32 Å². The van der Waals surface area contributed by atoms with Crippen LogP contribution in [0, 0.1) is 11.8 Å². The first-order valence-electron chi connectivity index (χ1n) is 7.18. The van der Waals surface area contributed by atoms with Gasteiger partial charge in [0.25, 0.3) is 0 Å². The first kappa shape index (κ1) is 13.2. The van der Waals surface area contributed by atoms with Gasteiger partial charge in [0, 0.05) is 11.6 Å². The zero-order valence-electron chi connectivity index (χ0n) is 11.6. The Hall–Kier alpha value is -1.84. The summed E-state index contributed by atoms with van der Waals surface area (Å²) in [4.78, 5) is 23.2. The zero-order chi connectivity index (χ0) is 14.3. The Morgan fingerprint density at radius 3 is 2.30 bits per heavy atom. The van der Waals surface area contributed by atoms with E-state index in [0.717, 1.165) is 24.1 Å². The maximum absolute atomic E-state index is 12.0. The first-order valence-corrected chi connectivity index (χ1v) is 7.18. The Kier molecular flexibility index (Phi) is 3.04. The monoisotopic (exact) mass is 273 g/mol. The van der Waals surface area contributed by atoms with Crippen LogP contribution in [0.3, 0.4) is 0 Å². The third-order valence-corrected chi connectivity index (χ3v) is 4.61. The molecule has 0 radical (unpaired) electrons. The van der Waals surface area contributed by atoms with E-state index in [0.29, 0.717) is 18.8 Å². The standard InChI is InChI=1S/C16H19NO3/c1-10(11-2-3-11)14(18)17-13-6-4-12(5-7-13)16(8-9-16)15(19)20/h4-7,10-11H,2-3,8-9H2,1H3,(H,17,18)(H,19,20). The second kappa shape index (κ2) is 4.62. The molecular weight excluding hydrogens is 254 g/mol. The largest absolute Gasteiger partial charge is 0.481 e. The molecule has 1 unspecified atom stereocenters. The van der Waals surface area contributed by atoms with Crippen LogP contribution < -0.4 is 5.32 Å². The van der Waals surface area contributed by atoms with Gasteiger partial charge >= 0.3 is 5.97 Å². The van der Waals surface area contributed by atoms with Crippen LogP contribution in [0.4, 0.5) is 5.69 Å². The molecule has 2 aliphatic rings. The number of rotatable bonds is 5. The van der Waals surface area contributed by atoms with E-state index < -0.39 is 11.4 Å². The van der Waals surface area contributed by atoms with Crippen molar-refractivity contribution in [2.24, 2.45) is 11.8 Å². The summed E-state index contributed by atoms with van der Waals surface area (Å²) in [6.45, 7) is 1.96. The van der Waals surface area contributed by atoms with Crippen molar-refractivity contribution in [3.8, 4) is 0 Å². The molecule has 3 rings (SSSR count). The normalized spacial score (nSPS) is 21.1. The summed E-state index contributed by atoms with van der Waals surface area (Å²) in [7, 11) is 0. The fourth-order valence-corrected chi connectivity index (χ4v) is 2.69. The number of hydrogen-bond donors (Lipinski definition) is 2. The van der Waals surface area contributed by atoms with Crippen LogP contribution in [0.15, 0.2) is 24.3 Å². The molecule has 1 atom stereocenters. The van der Waals surface area contributed by atoms with Crippen LogP contribution >= 0.6 is 0 Å². The predicted molar refractivity (Wildman–Crippen MR) is 75.5 cm³/mol. The summed E-state index contributed by atoms with van der Waals surface area (Å²) in [5.41, 5.74) is 0.898. The number of carbonyl (C=O) groups excluding carboxylic acids is 1. The molecule has 20 heavy (non-hydrogen) atoms. The lowest BCUT2D eigenvalue weighted by molar-refractivity contribution is -0.140. The highest BCUT2D eigenvalue weighted by atomic mass is 16.4. The lowest BCUT2D eigenvalue weighted by atomic mass is 9.96. The van der Waals surface area contributed by atoms with Gasteiger partial charge < -0.3 is 10.4 Å². The zero-order valence-corrected chi connectivity index (χ0v) is 11.6. The summed E-state index contributed by atoms with van der Waals surface area (Å²) >= 11 is 0. The molecule has 2 aliphatic carbocycles. The van der Waals surface area contributed by atoms with Gasteiger partial charge in [-0.25, -0.2) is 0 Å². The number of benzene rings is 1. The average Bonchev–Trinajstić information content (AvgIpc) is 3.29. The highest BCUT2D eigenvalue weighted by Crippen LogP contribution is 2.48. The molecule has 1 amide bonds. The van der Waals surface area contributed by atoms with E-state index in [2.05, 4.69) is 5.32 Å². The highest BCUT2D eigenvalue weighted by Gasteiger charge is 2.51. The molecular formula is C16H19NO3. The van der Waals surface area contributed by atoms with Gasteiger partial charge in [0.05, 0.1) is 5.41 Å². The van der Waals surface area contributed by atoms with E-state index >= 15 is 0 Å². The third kappa shape index (κ3) is 2.30. The maximum atomic E-state index is 12.0. The van der Waals surface area contributed by atoms with Gasteiger partial charge in [-0.15, -0.1) is 0 Å². The number of nitrogens with one attached hydrogen (secondary N) is 1. The van der Waals surface area contributed by atoms with Gasteiger partial charge in [-0.3, -0.25) is 9.59 Å². The molecule has 0 aromatic heterocycles. The molecule has 2 saturated carbocycles. The average molecular weight is 273 g/mol. The minimum absolute atomic E-state index is 0.0552. The number of aliphatic carboxylic acids is 1. The lowest BCUT2D eigenvalue weighted by Crippen LogP contribution is -2.22. The van der Waals surface area contributed by atoms with Gasteiger partial charge in [-0.05, 0) is 49.3 Å². The van der Waals surface area contributed by atoms with E-state index in [-0.39, 0.29) is 11.8 Å². The molecule has 0 heterocycles. The van der Waals surface area contributed by atoms with Crippen molar-refractivity contribution in [2.45, 2.75) is 38.0 Å². The number of amides is 1. The van der Waals surface area contributed by atoms with Crippen molar-refractivity contribution in [3.63, 3.8) is 0 Å². The van der Waals surface area contributed by atoms with Gasteiger partial charge in [0.15, 0.2) is 0 Å². The smallest absolute Gasteiger partial charge is 0.314 e. The molecule has 1 aromatic carbocycles. The molecule has 106 valence electrons. The highest BCUT2D eigenvalue weighted by molar-refractivity contribution is 5.93. The Bertz CT molecular complexity index is 541. The third-order valence-electron chi connectivity index (χ3n) is 4.61. The minimum atomic E-state index is -0.753. The van der Waals surface area contributed by atoms with Crippen molar-refractivity contribution in [1.82, 2.24) is 0 Å². The molecule has 4 nitrogen and oxygen atoms in total. The van der Waals surface area contributed by atoms with E-state index in [9.17, 15) is 14.7 Å². The summed E-state index contributed by atoms with van der Waals surface area (Å²) < 4.78 is 0. The van der Waals surface area contributed by atoms with Gasteiger partial charge in [0.2, 0.25) is 5.91 Å². The molecule has 4 heteroatoms. The predicted octanol–water partition coefficient (Wildman–Crippen LogP) is 2.79. The lowest BCUT2D eigenvalue weighted by Gasteiger charge is -2.13. The topological polar surface area (TPSA) is 66.4 Å². The second-order valence-corrected chi connectivity index (χ2v) is 6.08. The van der Waals surface area contributed by atoms with Crippen molar-refractivity contribution < 1.29 is 14.7 Å². The molecule has 0 bridgehead atoms. The summed E-state index contributed by atoms with van der Waals surface area (Å²) in [6, 6.07) is 7.24. The fourth-order valence-electron chi connectivity index (χ4n) is 2.69. The minimum Gasteiger partial charge on any atom is -0.481 e. The van der Waals surface area contributed by atoms with Crippen LogP contribution in [0.5, 0.6) is 0 Å². The van der Waals surface area contributed by atoms with Crippen LogP contribution in [0.25, 0.3) is 0 Å². The summed E-state index contributed by atoms with van der Waals surface area (Å²) in [6.07, 6.45) is 3.70.